The standard InChI is InChI=1S/C22H18BrN5OS/c1-15(21(29)25-18-9-7-17(23)8-10-18)30-22-27-26-20(16-11-13-24-14-12-16)28(22)19-5-3-2-4-6-19/h2-15H,1H3,(H,25,29). The molecule has 30 heavy (non-hydrogen) atoms. The zero-order valence-corrected chi connectivity index (χ0v) is 18.5. The number of carbonyl (C=O) groups is 1. The van der Waals surface area contributed by atoms with Gasteiger partial charge in [0.1, 0.15) is 0 Å². The van der Waals surface area contributed by atoms with Gasteiger partial charge in [0.05, 0.1) is 5.25 Å². The number of para-hydroxylation sites is 1. The first-order chi connectivity index (χ1) is 14.6. The molecule has 1 N–H and O–H groups in total. The van der Waals surface area contributed by atoms with Crippen molar-refractivity contribution in [2.24, 2.45) is 0 Å². The van der Waals surface area contributed by atoms with Crippen LogP contribution in [0.4, 0.5) is 5.69 Å². The molecular weight excluding hydrogens is 462 g/mol. The minimum absolute atomic E-state index is 0.101. The Morgan fingerprint density at radius 3 is 2.40 bits per heavy atom. The summed E-state index contributed by atoms with van der Waals surface area (Å²) >= 11 is 4.76. The number of hydrogen-bond donors (Lipinski definition) is 1. The fourth-order valence-electron chi connectivity index (χ4n) is 2.83. The van der Waals surface area contributed by atoms with Crippen LogP contribution < -0.4 is 5.32 Å². The summed E-state index contributed by atoms with van der Waals surface area (Å²) < 4.78 is 2.92. The number of carbonyl (C=O) groups excluding carboxylic acids is 1. The molecule has 2 aromatic carbocycles. The highest BCUT2D eigenvalue weighted by Gasteiger charge is 2.22. The lowest BCUT2D eigenvalue weighted by atomic mass is 10.2. The number of benzene rings is 2. The normalized spacial score (nSPS) is 11.8. The highest BCUT2D eigenvalue weighted by molar-refractivity contribution is 9.10. The summed E-state index contributed by atoms with van der Waals surface area (Å²) in [5, 5.41) is 12.0. The van der Waals surface area contributed by atoms with Crippen molar-refractivity contribution in [3.05, 3.63) is 83.6 Å². The van der Waals surface area contributed by atoms with Crippen LogP contribution in [0.2, 0.25) is 0 Å². The van der Waals surface area contributed by atoms with E-state index in [4.69, 9.17) is 0 Å². The van der Waals surface area contributed by atoms with E-state index in [1.165, 1.54) is 11.8 Å². The second-order valence-corrected chi connectivity index (χ2v) is 8.69. The summed E-state index contributed by atoms with van der Waals surface area (Å²) in [5.74, 6) is 0.599. The number of pyridine rings is 1. The van der Waals surface area contributed by atoms with Crippen molar-refractivity contribution in [2.45, 2.75) is 17.3 Å². The summed E-state index contributed by atoms with van der Waals surface area (Å²) in [5.41, 5.74) is 2.58. The van der Waals surface area contributed by atoms with E-state index in [0.717, 1.165) is 21.4 Å². The molecule has 0 saturated heterocycles. The quantitative estimate of drug-likeness (QED) is 0.384. The molecule has 150 valence electrons. The molecule has 8 heteroatoms. The number of amides is 1. The molecular formula is C22H18BrN5OS. The van der Waals surface area contributed by atoms with E-state index in [9.17, 15) is 4.79 Å². The van der Waals surface area contributed by atoms with Gasteiger partial charge in [0.25, 0.3) is 0 Å². The third kappa shape index (κ3) is 4.60. The van der Waals surface area contributed by atoms with E-state index < -0.39 is 0 Å². The first-order valence-corrected chi connectivity index (χ1v) is 10.9. The topological polar surface area (TPSA) is 72.7 Å². The number of aromatic nitrogens is 4. The average Bonchev–Trinajstić information content (AvgIpc) is 3.20. The molecule has 4 aromatic rings. The van der Waals surface area contributed by atoms with Crippen molar-refractivity contribution >= 4 is 39.3 Å². The van der Waals surface area contributed by atoms with E-state index in [1.807, 2.05) is 78.2 Å². The smallest absolute Gasteiger partial charge is 0.237 e. The fourth-order valence-corrected chi connectivity index (χ4v) is 3.96. The Hall–Kier alpha value is -2.97. The van der Waals surface area contributed by atoms with Crippen LogP contribution in [0, 0.1) is 0 Å². The Balaban J connectivity index is 1.61. The minimum atomic E-state index is -0.370. The first kappa shape index (κ1) is 20.3. The van der Waals surface area contributed by atoms with Crippen LogP contribution in [0.1, 0.15) is 6.92 Å². The number of nitrogens with zero attached hydrogens (tertiary/aromatic N) is 4. The van der Waals surface area contributed by atoms with Gasteiger partial charge in [-0.05, 0) is 55.5 Å². The van der Waals surface area contributed by atoms with Gasteiger partial charge < -0.3 is 5.32 Å². The summed E-state index contributed by atoms with van der Waals surface area (Å²) in [7, 11) is 0. The largest absolute Gasteiger partial charge is 0.325 e. The van der Waals surface area contributed by atoms with E-state index in [1.54, 1.807) is 12.4 Å². The molecule has 1 atom stereocenters. The van der Waals surface area contributed by atoms with Gasteiger partial charge in [0, 0.05) is 33.8 Å². The van der Waals surface area contributed by atoms with Gasteiger partial charge in [0.2, 0.25) is 5.91 Å². The van der Waals surface area contributed by atoms with Crippen molar-refractivity contribution < 1.29 is 4.79 Å². The maximum Gasteiger partial charge on any atom is 0.237 e. The second kappa shape index (κ2) is 9.23. The minimum Gasteiger partial charge on any atom is -0.325 e. The van der Waals surface area contributed by atoms with E-state index >= 15 is 0 Å². The maximum atomic E-state index is 12.7. The van der Waals surface area contributed by atoms with E-state index in [-0.39, 0.29) is 11.2 Å². The third-order valence-electron chi connectivity index (χ3n) is 4.35. The van der Waals surface area contributed by atoms with Crippen molar-refractivity contribution in [3.63, 3.8) is 0 Å². The number of thioether (sulfide) groups is 1. The number of anilines is 1. The number of rotatable bonds is 6. The van der Waals surface area contributed by atoms with Gasteiger partial charge in [-0.3, -0.25) is 14.3 Å². The fraction of sp³-hybridized carbons (Fsp3) is 0.0909. The molecule has 1 amide bonds. The zero-order chi connectivity index (χ0) is 20.9. The van der Waals surface area contributed by atoms with Gasteiger partial charge in [-0.2, -0.15) is 0 Å². The highest BCUT2D eigenvalue weighted by atomic mass is 79.9. The summed E-state index contributed by atoms with van der Waals surface area (Å²) in [6.45, 7) is 1.86. The lowest BCUT2D eigenvalue weighted by Gasteiger charge is -2.14. The van der Waals surface area contributed by atoms with E-state index in [2.05, 4.69) is 36.4 Å². The summed E-state index contributed by atoms with van der Waals surface area (Å²) in [6, 6.07) is 21.1. The monoisotopic (exact) mass is 479 g/mol. The molecule has 4 rings (SSSR count). The molecule has 0 aliphatic rings. The van der Waals surface area contributed by atoms with Crippen LogP contribution in [0.25, 0.3) is 17.1 Å². The van der Waals surface area contributed by atoms with Gasteiger partial charge in [0.15, 0.2) is 11.0 Å². The van der Waals surface area contributed by atoms with Crippen LogP contribution >= 0.6 is 27.7 Å². The predicted molar refractivity (Wildman–Crippen MR) is 123 cm³/mol. The molecule has 0 saturated carbocycles. The van der Waals surface area contributed by atoms with Crippen LogP contribution in [0.15, 0.2) is 88.8 Å². The Kier molecular flexibility index (Phi) is 6.25. The van der Waals surface area contributed by atoms with Crippen molar-refractivity contribution in [1.29, 1.82) is 0 Å². The van der Waals surface area contributed by atoms with Crippen molar-refractivity contribution in [3.8, 4) is 17.1 Å². The molecule has 6 nitrogen and oxygen atoms in total. The predicted octanol–water partition coefficient (Wildman–Crippen LogP) is 5.21. The van der Waals surface area contributed by atoms with Crippen LogP contribution in [-0.2, 0) is 4.79 Å². The van der Waals surface area contributed by atoms with Crippen molar-refractivity contribution in [1.82, 2.24) is 19.7 Å². The third-order valence-corrected chi connectivity index (χ3v) is 5.92. The van der Waals surface area contributed by atoms with Gasteiger partial charge in [-0.15, -0.1) is 10.2 Å². The van der Waals surface area contributed by atoms with Crippen LogP contribution in [0.5, 0.6) is 0 Å². The first-order valence-electron chi connectivity index (χ1n) is 9.26. The molecule has 0 spiro atoms. The maximum absolute atomic E-state index is 12.7. The molecule has 2 heterocycles. The number of hydrogen-bond acceptors (Lipinski definition) is 5. The molecule has 0 bridgehead atoms. The Labute approximate surface area is 186 Å². The van der Waals surface area contributed by atoms with Gasteiger partial charge >= 0.3 is 0 Å². The Morgan fingerprint density at radius 2 is 1.70 bits per heavy atom. The molecule has 2 aromatic heterocycles. The van der Waals surface area contributed by atoms with E-state index in [0.29, 0.717) is 11.0 Å². The highest BCUT2D eigenvalue weighted by Crippen LogP contribution is 2.30. The van der Waals surface area contributed by atoms with Crippen molar-refractivity contribution in [2.75, 3.05) is 5.32 Å². The lowest BCUT2D eigenvalue weighted by Crippen LogP contribution is -2.22. The Bertz CT molecular complexity index is 1130. The van der Waals surface area contributed by atoms with Crippen LogP contribution in [-0.4, -0.2) is 30.9 Å². The zero-order valence-electron chi connectivity index (χ0n) is 16.1. The number of halogens is 1. The number of nitrogens with one attached hydrogen (secondary N) is 1. The summed E-state index contributed by atoms with van der Waals surface area (Å²) in [6.07, 6.45) is 3.45. The molecule has 1 unspecified atom stereocenters. The lowest BCUT2D eigenvalue weighted by molar-refractivity contribution is -0.115. The molecule has 0 radical (unpaired) electrons. The second-order valence-electron chi connectivity index (χ2n) is 6.47. The molecule has 0 fully saturated rings. The summed E-state index contributed by atoms with van der Waals surface area (Å²) in [4.78, 5) is 16.8. The Morgan fingerprint density at radius 1 is 1.00 bits per heavy atom. The molecule has 0 aliphatic carbocycles. The average molecular weight is 480 g/mol. The van der Waals surface area contributed by atoms with Gasteiger partial charge in [-0.25, -0.2) is 0 Å². The SMILES string of the molecule is CC(Sc1nnc(-c2ccncc2)n1-c1ccccc1)C(=O)Nc1ccc(Br)cc1. The van der Waals surface area contributed by atoms with Crippen LogP contribution in [0.3, 0.4) is 0 Å². The molecule has 0 aliphatic heterocycles. The van der Waals surface area contributed by atoms with Gasteiger partial charge in [-0.1, -0.05) is 45.9 Å².